The van der Waals surface area contributed by atoms with Crippen molar-refractivity contribution in [1.29, 1.82) is 0 Å². The van der Waals surface area contributed by atoms with Crippen molar-refractivity contribution in [1.82, 2.24) is 0 Å². The number of allylic oxidation sites excluding steroid dienone is 1. The van der Waals surface area contributed by atoms with E-state index in [-0.39, 0.29) is 0 Å². The van der Waals surface area contributed by atoms with E-state index in [1.807, 2.05) is 0 Å². The average molecular weight is 166 g/mol. The third-order valence-electron chi connectivity index (χ3n) is 2.94. The highest BCUT2D eigenvalue weighted by atomic mass is 14.3. The minimum absolute atomic E-state index is 0.596. The lowest BCUT2D eigenvalue weighted by Gasteiger charge is -2.35. The van der Waals surface area contributed by atoms with Gasteiger partial charge in [0.25, 0.3) is 0 Å². The Morgan fingerprint density at radius 2 is 2.17 bits per heavy atom. The summed E-state index contributed by atoms with van der Waals surface area (Å²) in [6, 6.07) is 0. The molecule has 0 spiro atoms. The van der Waals surface area contributed by atoms with Crippen LogP contribution in [0.25, 0.3) is 0 Å². The largest absolute Gasteiger partial charge is 0.100 e. The Bertz CT molecular complexity index is 165. The zero-order chi connectivity index (χ0) is 9.19. The van der Waals surface area contributed by atoms with Crippen molar-refractivity contribution in [2.45, 2.75) is 52.9 Å². The van der Waals surface area contributed by atoms with Crippen molar-refractivity contribution in [3.8, 4) is 0 Å². The van der Waals surface area contributed by atoms with Crippen LogP contribution in [-0.4, -0.2) is 0 Å². The minimum Gasteiger partial charge on any atom is -0.100 e. The van der Waals surface area contributed by atoms with Gasteiger partial charge in [-0.25, -0.2) is 0 Å². The predicted octanol–water partition coefficient (Wildman–Crippen LogP) is 4.17. The maximum absolute atomic E-state index is 4.00. The van der Waals surface area contributed by atoms with Gasteiger partial charge < -0.3 is 0 Å². The maximum Gasteiger partial charge on any atom is -0.0297 e. The van der Waals surface area contributed by atoms with E-state index in [0.29, 0.717) is 5.41 Å². The summed E-state index contributed by atoms with van der Waals surface area (Å²) in [5.41, 5.74) is 1.95. The highest BCUT2D eigenvalue weighted by Crippen LogP contribution is 2.40. The zero-order valence-corrected chi connectivity index (χ0v) is 8.82. The molecule has 0 aromatic carbocycles. The first-order valence-corrected chi connectivity index (χ1v) is 5.14. The van der Waals surface area contributed by atoms with Gasteiger partial charge in [-0.2, -0.15) is 0 Å². The molecule has 0 saturated heterocycles. The molecule has 1 aliphatic carbocycles. The fourth-order valence-electron chi connectivity index (χ4n) is 2.52. The van der Waals surface area contributed by atoms with Gasteiger partial charge in [-0.05, 0) is 37.5 Å². The highest BCUT2D eigenvalue weighted by Gasteiger charge is 2.27. The van der Waals surface area contributed by atoms with Gasteiger partial charge in [0.05, 0.1) is 0 Å². The number of hydrogen-bond acceptors (Lipinski definition) is 0. The molecule has 1 unspecified atom stereocenters. The van der Waals surface area contributed by atoms with E-state index in [1.54, 1.807) is 0 Å². The van der Waals surface area contributed by atoms with Crippen LogP contribution in [0.5, 0.6) is 0 Å². The molecular formula is C12H22. The topological polar surface area (TPSA) is 0 Å². The molecule has 1 aliphatic rings. The van der Waals surface area contributed by atoms with Crippen LogP contribution in [0.4, 0.5) is 0 Å². The van der Waals surface area contributed by atoms with Crippen molar-refractivity contribution in [3.63, 3.8) is 0 Å². The van der Waals surface area contributed by atoms with Gasteiger partial charge in [0.15, 0.2) is 0 Å². The normalized spacial score (nSPS) is 28.4. The lowest BCUT2D eigenvalue weighted by molar-refractivity contribution is 0.180. The second kappa shape index (κ2) is 3.64. The monoisotopic (exact) mass is 166 g/mol. The molecule has 0 aliphatic heterocycles. The molecule has 0 N–H and O–H groups in total. The van der Waals surface area contributed by atoms with Gasteiger partial charge in [-0.3, -0.25) is 0 Å². The Morgan fingerprint density at radius 1 is 1.50 bits per heavy atom. The lowest BCUT2D eigenvalue weighted by atomic mass is 9.71. The smallest absolute Gasteiger partial charge is 0.0297 e. The van der Waals surface area contributed by atoms with Crippen LogP contribution in [-0.2, 0) is 0 Å². The van der Waals surface area contributed by atoms with Gasteiger partial charge >= 0.3 is 0 Å². The number of hydrogen-bond donors (Lipinski definition) is 0. The van der Waals surface area contributed by atoms with E-state index < -0.39 is 0 Å². The van der Waals surface area contributed by atoms with E-state index in [1.165, 1.54) is 37.7 Å². The molecule has 0 amide bonds. The van der Waals surface area contributed by atoms with Crippen molar-refractivity contribution in [2.75, 3.05) is 0 Å². The van der Waals surface area contributed by atoms with Gasteiger partial charge in [0, 0.05) is 0 Å². The second-order valence-electron chi connectivity index (χ2n) is 5.29. The van der Waals surface area contributed by atoms with Crippen LogP contribution in [0.1, 0.15) is 52.9 Å². The molecule has 0 heterocycles. The summed E-state index contributed by atoms with van der Waals surface area (Å²) in [6.45, 7) is 11.0. The Morgan fingerprint density at radius 3 is 2.67 bits per heavy atom. The van der Waals surface area contributed by atoms with E-state index in [0.717, 1.165) is 5.92 Å². The quantitative estimate of drug-likeness (QED) is 0.540. The van der Waals surface area contributed by atoms with E-state index in [4.69, 9.17) is 0 Å². The molecule has 1 atom stereocenters. The SMILES string of the molecule is C=C(C)CC1CCCC(C)(C)C1. The van der Waals surface area contributed by atoms with Crippen LogP contribution in [0.2, 0.25) is 0 Å². The van der Waals surface area contributed by atoms with Crippen molar-refractivity contribution in [3.05, 3.63) is 12.2 Å². The first-order chi connectivity index (χ1) is 5.49. The summed E-state index contributed by atoms with van der Waals surface area (Å²) in [5.74, 6) is 0.922. The maximum atomic E-state index is 4.00. The predicted molar refractivity (Wildman–Crippen MR) is 55.2 cm³/mol. The van der Waals surface area contributed by atoms with Crippen molar-refractivity contribution in [2.24, 2.45) is 11.3 Å². The average Bonchev–Trinajstić information content (AvgIpc) is 1.82. The molecule has 0 radical (unpaired) electrons. The van der Waals surface area contributed by atoms with E-state index in [9.17, 15) is 0 Å². The molecule has 0 bridgehead atoms. The summed E-state index contributed by atoms with van der Waals surface area (Å²) < 4.78 is 0. The van der Waals surface area contributed by atoms with Crippen molar-refractivity contribution < 1.29 is 0 Å². The lowest BCUT2D eigenvalue weighted by Crippen LogP contribution is -2.22. The molecule has 0 nitrogen and oxygen atoms in total. The van der Waals surface area contributed by atoms with Gasteiger partial charge in [0.2, 0.25) is 0 Å². The summed E-state index contributed by atoms with van der Waals surface area (Å²) in [4.78, 5) is 0. The zero-order valence-electron chi connectivity index (χ0n) is 8.82. The van der Waals surface area contributed by atoms with Gasteiger partial charge in [-0.1, -0.05) is 32.3 Å². The summed E-state index contributed by atoms with van der Waals surface area (Å²) in [7, 11) is 0. The Kier molecular flexibility index (Phi) is 2.98. The molecule has 0 aromatic heterocycles. The first kappa shape index (κ1) is 9.83. The van der Waals surface area contributed by atoms with Gasteiger partial charge in [0.1, 0.15) is 0 Å². The minimum atomic E-state index is 0.596. The fraction of sp³-hybridized carbons (Fsp3) is 0.833. The molecule has 0 heteroatoms. The van der Waals surface area contributed by atoms with E-state index >= 15 is 0 Å². The standard InChI is InChI=1S/C12H22/c1-10(2)8-11-6-5-7-12(3,4)9-11/h11H,1,5-9H2,2-4H3. The molecule has 70 valence electrons. The second-order valence-corrected chi connectivity index (χ2v) is 5.29. The molecule has 1 saturated carbocycles. The summed E-state index contributed by atoms with van der Waals surface area (Å²) in [5, 5.41) is 0. The third-order valence-corrected chi connectivity index (χ3v) is 2.94. The Hall–Kier alpha value is -0.260. The summed E-state index contributed by atoms with van der Waals surface area (Å²) in [6.07, 6.45) is 6.92. The first-order valence-electron chi connectivity index (χ1n) is 5.14. The van der Waals surface area contributed by atoms with E-state index in [2.05, 4.69) is 27.4 Å². The van der Waals surface area contributed by atoms with Crippen molar-refractivity contribution >= 4 is 0 Å². The van der Waals surface area contributed by atoms with Crippen LogP contribution >= 0.6 is 0 Å². The molecule has 12 heavy (non-hydrogen) atoms. The molecule has 1 rings (SSSR count). The Balaban J connectivity index is 2.41. The highest BCUT2D eigenvalue weighted by molar-refractivity contribution is 4.93. The van der Waals surface area contributed by atoms with Crippen LogP contribution in [0.15, 0.2) is 12.2 Å². The molecular weight excluding hydrogens is 144 g/mol. The van der Waals surface area contributed by atoms with Crippen LogP contribution in [0.3, 0.4) is 0 Å². The number of rotatable bonds is 2. The fourth-order valence-corrected chi connectivity index (χ4v) is 2.52. The van der Waals surface area contributed by atoms with Gasteiger partial charge in [-0.15, -0.1) is 6.58 Å². The molecule has 0 aromatic rings. The van der Waals surface area contributed by atoms with Crippen LogP contribution < -0.4 is 0 Å². The summed E-state index contributed by atoms with van der Waals surface area (Å²) >= 11 is 0. The molecule has 1 fully saturated rings. The van der Waals surface area contributed by atoms with Crippen LogP contribution in [0, 0.1) is 11.3 Å². The Labute approximate surface area is 77.1 Å². The third kappa shape index (κ3) is 3.00.